The van der Waals surface area contributed by atoms with Crippen LogP contribution in [0.5, 0.6) is 0 Å². The van der Waals surface area contributed by atoms with Crippen LogP contribution in [-0.2, 0) is 0 Å². The normalized spacial score (nSPS) is 19.8. The fourth-order valence-electron chi connectivity index (χ4n) is 2.42. The summed E-state index contributed by atoms with van der Waals surface area (Å²) in [5.74, 6) is 0. The highest BCUT2D eigenvalue weighted by atomic mass is 79.9. The Hall–Kier alpha value is -0.700. The van der Waals surface area contributed by atoms with Gasteiger partial charge in [0.15, 0.2) is 0 Å². The first-order chi connectivity index (χ1) is 7.48. The van der Waals surface area contributed by atoms with Gasteiger partial charge in [-0.2, -0.15) is 0 Å². The third-order valence-corrected chi connectivity index (χ3v) is 3.73. The second kappa shape index (κ2) is 4.28. The molecule has 0 bridgehead atoms. The molecule has 1 saturated heterocycles. The largest absolute Gasteiger partial charge is 0.397 e. The van der Waals surface area contributed by atoms with Crippen LogP contribution < -0.4 is 10.6 Å². The molecule has 1 heterocycles. The van der Waals surface area contributed by atoms with Crippen molar-refractivity contribution < 1.29 is 0 Å². The first kappa shape index (κ1) is 11.8. The number of benzene rings is 1. The molecule has 1 aromatic rings. The van der Waals surface area contributed by atoms with Gasteiger partial charge in [0.1, 0.15) is 0 Å². The summed E-state index contributed by atoms with van der Waals surface area (Å²) in [4.78, 5) is 2.41. The molecule has 0 unspecified atom stereocenters. The highest BCUT2D eigenvalue weighted by molar-refractivity contribution is 9.10. The summed E-state index contributed by atoms with van der Waals surface area (Å²) in [6, 6.07) is 6.09. The maximum atomic E-state index is 6.05. The number of rotatable bonds is 1. The van der Waals surface area contributed by atoms with Gasteiger partial charge in [0.25, 0.3) is 0 Å². The van der Waals surface area contributed by atoms with Crippen LogP contribution in [0.4, 0.5) is 11.4 Å². The zero-order valence-electron chi connectivity index (χ0n) is 9.96. The number of halogens is 1. The average Bonchev–Trinajstić information content (AvgIpc) is 2.20. The van der Waals surface area contributed by atoms with Crippen molar-refractivity contribution in [3.8, 4) is 0 Å². The zero-order chi connectivity index (χ0) is 11.8. The van der Waals surface area contributed by atoms with Gasteiger partial charge in [0.2, 0.25) is 0 Å². The molecule has 1 aromatic carbocycles. The molecule has 1 fully saturated rings. The molecule has 2 rings (SSSR count). The third kappa shape index (κ3) is 2.51. The fourth-order valence-corrected chi connectivity index (χ4v) is 2.77. The van der Waals surface area contributed by atoms with E-state index < -0.39 is 0 Å². The van der Waals surface area contributed by atoms with Crippen molar-refractivity contribution in [3.05, 3.63) is 22.7 Å². The van der Waals surface area contributed by atoms with Crippen molar-refractivity contribution >= 4 is 27.3 Å². The molecule has 0 aliphatic carbocycles. The molecule has 2 nitrogen and oxygen atoms in total. The van der Waals surface area contributed by atoms with E-state index in [-0.39, 0.29) is 0 Å². The van der Waals surface area contributed by atoms with E-state index >= 15 is 0 Å². The van der Waals surface area contributed by atoms with E-state index in [0.29, 0.717) is 5.41 Å². The van der Waals surface area contributed by atoms with E-state index in [1.165, 1.54) is 18.5 Å². The smallest absolute Gasteiger partial charge is 0.0611 e. The number of hydrogen-bond donors (Lipinski definition) is 1. The highest BCUT2D eigenvalue weighted by Gasteiger charge is 2.27. The van der Waals surface area contributed by atoms with Crippen LogP contribution >= 0.6 is 15.9 Å². The Balaban J connectivity index is 2.26. The molecule has 0 atom stereocenters. The van der Waals surface area contributed by atoms with Crippen LogP contribution in [0, 0.1) is 5.41 Å². The molecule has 0 amide bonds. The molecule has 16 heavy (non-hydrogen) atoms. The highest BCUT2D eigenvalue weighted by Crippen LogP contribution is 2.35. The van der Waals surface area contributed by atoms with Gasteiger partial charge in [-0.1, -0.05) is 29.8 Å². The first-order valence-electron chi connectivity index (χ1n) is 5.78. The van der Waals surface area contributed by atoms with Crippen LogP contribution in [0.25, 0.3) is 0 Å². The topological polar surface area (TPSA) is 29.3 Å². The molecule has 88 valence electrons. The van der Waals surface area contributed by atoms with E-state index in [9.17, 15) is 0 Å². The Morgan fingerprint density at radius 1 is 1.38 bits per heavy atom. The molecule has 0 aromatic heterocycles. The van der Waals surface area contributed by atoms with Crippen molar-refractivity contribution in [1.82, 2.24) is 0 Å². The molecule has 1 aliphatic rings. The van der Waals surface area contributed by atoms with Crippen LogP contribution in [0.2, 0.25) is 0 Å². The van der Waals surface area contributed by atoms with Gasteiger partial charge in [0.05, 0.1) is 11.4 Å². The molecular formula is C13H19BrN2. The summed E-state index contributed by atoms with van der Waals surface area (Å²) in [6.45, 7) is 6.86. The Labute approximate surface area is 106 Å². The number of nitrogens with two attached hydrogens (primary N) is 1. The Morgan fingerprint density at radius 2 is 2.12 bits per heavy atom. The molecular weight excluding hydrogens is 264 g/mol. The lowest BCUT2D eigenvalue weighted by molar-refractivity contribution is 0.293. The van der Waals surface area contributed by atoms with E-state index in [1.54, 1.807) is 0 Å². The number of nitrogen functional groups attached to an aromatic ring is 1. The van der Waals surface area contributed by atoms with E-state index in [0.717, 1.165) is 23.2 Å². The molecule has 1 aliphatic heterocycles. The maximum absolute atomic E-state index is 6.05. The molecule has 0 radical (unpaired) electrons. The molecule has 0 spiro atoms. The number of nitrogens with zero attached hydrogens (tertiary/aromatic N) is 1. The fraction of sp³-hybridized carbons (Fsp3) is 0.538. The molecule has 0 saturated carbocycles. The van der Waals surface area contributed by atoms with Crippen molar-refractivity contribution in [2.75, 3.05) is 23.7 Å². The van der Waals surface area contributed by atoms with Crippen molar-refractivity contribution in [2.24, 2.45) is 5.41 Å². The Bertz CT molecular complexity index is 388. The predicted octanol–water partition coefficient (Wildman–Crippen LogP) is 3.66. The summed E-state index contributed by atoms with van der Waals surface area (Å²) in [5.41, 5.74) is 8.49. The Morgan fingerprint density at radius 3 is 2.81 bits per heavy atom. The number of hydrogen-bond acceptors (Lipinski definition) is 2. The van der Waals surface area contributed by atoms with E-state index in [4.69, 9.17) is 5.73 Å². The molecule has 2 N–H and O–H groups in total. The van der Waals surface area contributed by atoms with E-state index in [2.05, 4.69) is 40.7 Å². The quantitative estimate of drug-likeness (QED) is 0.797. The minimum Gasteiger partial charge on any atom is -0.397 e. The van der Waals surface area contributed by atoms with Gasteiger partial charge in [-0.15, -0.1) is 0 Å². The van der Waals surface area contributed by atoms with Gasteiger partial charge in [-0.05, 0) is 36.5 Å². The predicted molar refractivity (Wildman–Crippen MR) is 73.8 cm³/mol. The molecule has 3 heteroatoms. The van der Waals surface area contributed by atoms with Crippen LogP contribution in [0.15, 0.2) is 22.7 Å². The monoisotopic (exact) mass is 282 g/mol. The SMILES string of the molecule is CC1(C)CCCN(c2cc(Br)ccc2N)C1. The van der Waals surface area contributed by atoms with Crippen molar-refractivity contribution in [1.29, 1.82) is 0 Å². The van der Waals surface area contributed by atoms with Gasteiger partial charge < -0.3 is 10.6 Å². The van der Waals surface area contributed by atoms with Crippen LogP contribution in [0.3, 0.4) is 0 Å². The van der Waals surface area contributed by atoms with Crippen molar-refractivity contribution in [2.45, 2.75) is 26.7 Å². The van der Waals surface area contributed by atoms with Crippen LogP contribution in [0.1, 0.15) is 26.7 Å². The van der Waals surface area contributed by atoms with Gasteiger partial charge in [0, 0.05) is 17.6 Å². The lowest BCUT2D eigenvalue weighted by Crippen LogP contribution is -2.40. The first-order valence-corrected chi connectivity index (χ1v) is 6.57. The lowest BCUT2D eigenvalue weighted by atomic mass is 9.84. The van der Waals surface area contributed by atoms with Gasteiger partial charge in [-0.25, -0.2) is 0 Å². The minimum absolute atomic E-state index is 0.396. The van der Waals surface area contributed by atoms with Crippen molar-refractivity contribution in [3.63, 3.8) is 0 Å². The van der Waals surface area contributed by atoms with Gasteiger partial charge >= 0.3 is 0 Å². The van der Waals surface area contributed by atoms with E-state index in [1.807, 2.05) is 12.1 Å². The van der Waals surface area contributed by atoms with Gasteiger partial charge in [-0.3, -0.25) is 0 Å². The number of anilines is 2. The standard InChI is InChI=1S/C13H19BrN2/c1-13(2)6-3-7-16(9-13)12-8-10(14)4-5-11(12)15/h4-5,8H,3,6-7,9,15H2,1-2H3. The second-order valence-corrected chi connectivity index (χ2v) is 6.31. The maximum Gasteiger partial charge on any atom is 0.0611 e. The Kier molecular flexibility index (Phi) is 3.15. The minimum atomic E-state index is 0.396. The number of piperidine rings is 1. The average molecular weight is 283 g/mol. The second-order valence-electron chi connectivity index (χ2n) is 5.39. The lowest BCUT2D eigenvalue weighted by Gasteiger charge is -2.40. The summed E-state index contributed by atoms with van der Waals surface area (Å²) in [6.07, 6.45) is 2.55. The zero-order valence-corrected chi connectivity index (χ0v) is 11.5. The summed E-state index contributed by atoms with van der Waals surface area (Å²) in [5, 5.41) is 0. The third-order valence-electron chi connectivity index (χ3n) is 3.23. The van der Waals surface area contributed by atoms with Crippen LogP contribution in [-0.4, -0.2) is 13.1 Å². The summed E-state index contributed by atoms with van der Waals surface area (Å²) >= 11 is 3.51. The summed E-state index contributed by atoms with van der Waals surface area (Å²) < 4.78 is 1.10. The summed E-state index contributed by atoms with van der Waals surface area (Å²) in [7, 11) is 0.